The molecule has 0 saturated heterocycles. The third kappa shape index (κ3) is 3.49. The van der Waals surface area contributed by atoms with E-state index in [2.05, 4.69) is 9.97 Å². The number of aryl methyl sites for hydroxylation is 2. The minimum atomic E-state index is -4.53. The summed E-state index contributed by atoms with van der Waals surface area (Å²) in [6.45, 7) is 3.48. The molecule has 1 aromatic heterocycles. The van der Waals surface area contributed by atoms with E-state index in [4.69, 9.17) is 10.5 Å². The molecule has 0 unspecified atom stereocenters. The summed E-state index contributed by atoms with van der Waals surface area (Å²) in [5.41, 5.74) is 6.15. The van der Waals surface area contributed by atoms with Crippen LogP contribution in [0.15, 0.2) is 24.4 Å². The number of hydrogen-bond acceptors (Lipinski definition) is 4. The lowest BCUT2D eigenvalue weighted by Crippen LogP contribution is -2.09. The van der Waals surface area contributed by atoms with E-state index in [-0.39, 0.29) is 18.2 Å². The van der Waals surface area contributed by atoms with Crippen molar-refractivity contribution < 1.29 is 17.9 Å². The fourth-order valence-corrected chi connectivity index (χ4v) is 1.70. The minimum Gasteiger partial charge on any atom is -0.437 e. The first-order valence-corrected chi connectivity index (χ1v) is 6.19. The molecule has 0 spiro atoms. The maximum atomic E-state index is 13.1. The number of alkyl halides is 3. The molecule has 0 fully saturated rings. The van der Waals surface area contributed by atoms with Gasteiger partial charge in [-0.15, -0.1) is 0 Å². The topological polar surface area (TPSA) is 61.0 Å². The van der Waals surface area contributed by atoms with Crippen molar-refractivity contribution >= 4 is 0 Å². The van der Waals surface area contributed by atoms with Gasteiger partial charge in [-0.2, -0.15) is 13.2 Å². The van der Waals surface area contributed by atoms with Gasteiger partial charge in [-0.1, -0.05) is 6.07 Å². The van der Waals surface area contributed by atoms with Gasteiger partial charge < -0.3 is 10.5 Å². The number of ether oxygens (including phenoxy) is 1. The number of aromatic nitrogens is 2. The van der Waals surface area contributed by atoms with E-state index < -0.39 is 11.7 Å². The molecule has 0 aliphatic carbocycles. The lowest BCUT2D eigenvalue weighted by Gasteiger charge is -2.14. The summed E-state index contributed by atoms with van der Waals surface area (Å²) in [5.74, 6) is -0.304. The maximum Gasteiger partial charge on any atom is 0.419 e. The molecule has 0 atom stereocenters. The van der Waals surface area contributed by atoms with Gasteiger partial charge in [0.05, 0.1) is 23.1 Å². The summed E-state index contributed by atoms with van der Waals surface area (Å²) in [6, 6.07) is 3.70. The Morgan fingerprint density at radius 2 is 1.90 bits per heavy atom. The SMILES string of the molecule is Cc1ncc(Oc2ccc(CN)cc2C(F)(F)F)nc1C. The molecule has 112 valence electrons. The number of nitrogens with two attached hydrogens (primary N) is 1. The molecule has 2 rings (SSSR count). The molecule has 7 heteroatoms. The Kier molecular flexibility index (Phi) is 4.13. The predicted molar refractivity (Wildman–Crippen MR) is 70.9 cm³/mol. The Morgan fingerprint density at radius 3 is 2.48 bits per heavy atom. The van der Waals surface area contributed by atoms with E-state index >= 15 is 0 Å². The van der Waals surface area contributed by atoms with E-state index in [0.717, 1.165) is 6.07 Å². The Balaban J connectivity index is 2.41. The number of halogens is 3. The van der Waals surface area contributed by atoms with Gasteiger partial charge in [-0.05, 0) is 31.5 Å². The fraction of sp³-hybridized carbons (Fsp3) is 0.286. The number of hydrogen-bond donors (Lipinski definition) is 1. The molecule has 4 nitrogen and oxygen atoms in total. The molecule has 0 radical (unpaired) electrons. The van der Waals surface area contributed by atoms with Crippen LogP contribution in [0.2, 0.25) is 0 Å². The third-order valence-electron chi connectivity index (χ3n) is 2.97. The number of nitrogens with zero attached hydrogens (tertiary/aromatic N) is 2. The average Bonchev–Trinajstić information content (AvgIpc) is 2.42. The van der Waals surface area contributed by atoms with Gasteiger partial charge in [0, 0.05) is 6.54 Å². The summed E-state index contributed by atoms with van der Waals surface area (Å²) >= 11 is 0. The minimum absolute atomic E-state index is 0.0177. The van der Waals surface area contributed by atoms with Crippen molar-refractivity contribution in [3.63, 3.8) is 0 Å². The van der Waals surface area contributed by atoms with Crippen LogP contribution in [0.25, 0.3) is 0 Å². The van der Waals surface area contributed by atoms with Gasteiger partial charge in [0.25, 0.3) is 0 Å². The molecule has 2 aromatic rings. The summed E-state index contributed by atoms with van der Waals surface area (Å²) in [4.78, 5) is 8.07. The molecule has 0 aliphatic heterocycles. The summed E-state index contributed by atoms with van der Waals surface area (Å²) in [6.07, 6.45) is -3.24. The second kappa shape index (κ2) is 5.69. The van der Waals surface area contributed by atoms with E-state index in [1.165, 1.54) is 18.3 Å². The summed E-state index contributed by atoms with van der Waals surface area (Å²) in [7, 11) is 0. The van der Waals surface area contributed by atoms with Gasteiger partial charge in [0.15, 0.2) is 0 Å². The highest BCUT2D eigenvalue weighted by atomic mass is 19.4. The molecule has 0 amide bonds. The maximum absolute atomic E-state index is 13.1. The van der Waals surface area contributed by atoms with E-state index in [0.29, 0.717) is 17.0 Å². The van der Waals surface area contributed by atoms with Crippen LogP contribution in [-0.2, 0) is 12.7 Å². The molecule has 0 saturated carbocycles. The van der Waals surface area contributed by atoms with Crippen molar-refractivity contribution in [1.82, 2.24) is 9.97 Å². The second-order valence-corrected chi connectivity index (χ2v) is 4.51. The average molecular weight is 297 g/mol. The van der Waals surface area contributed by atoms with Crippen LogP contribution < -0.4 is 10.5 Å². The fourth-order valence-electron chi connectivity index (χ4n) is 1.70. The van der Waals surface area contributed by atoms with Crippen LogP contribution in [0.3, 0.4) is 0 Å². The smallest absolute Gasteiger partial charge is 0.419 e. The Morgan fingerprint density at radius 1 is 1.19 bits per heavy atom. The highest BCUT2D eigenvalue weighted by Crippen LogP contribution is 2.38. The molecule has 2 N–H and O–H groups in total. The van der Waals surface area contributed by atoms with Crippen molar-refractivity contribution in [2.75, 3.05) is 0 Å². The van der Waals surface area contributed by atoms with Crippen LogP contribution in [0, 0.1) is 13.8 Å². The Hall–Kier alpha value is -2.15. The summed E-state index contributed by atoms with van der Waals surface area (Å²) in [5, 5.41) is 0. The third-order valence-corrected chi connectivity index (χ3v) is 2.97. The van der Waals surface area contributed by atoms with Crippen LogP contribution >= 0.6 is 0 Å². The first-order chi connectivity index (χ1) is 9.81. The molecular weight excluding hydrogens is 283 g/mol. The lowest BCUT2D eigenvalue weighted by atomic mass is 10.1. The number of rotatable bonds is 3. The van der Waals surface area contributed by atoms with Crippen molar-refractivity contribution in [2.24, 2.45) is 5.73 Å². The summed E-state index contributed by atoms with van der Waals surface area (Å²) < 4.78 is 44.4. The highest BCUT2D eigenvalue weighted by Gasteiger charge is 2.35. The first-order valence-electron chi connectivity index (χ1n) is 6.19. The van der Waals surface area contributed by atoms with Gasteiger partial charge in [0.1, 0.15) is 5.75 Å². The lowest BCUT2D eigenvalue weighted by molar-refractivity contribution is -0.138. The monoisotopic (exact) mass is 297 g/mol. The van der Waals surface area contributed by atoms with E-state index in [9.17, 15) is 13.2 Å². The van der Waals surface area contributed by atoms with Crippen molar-refractivity contribution in [3.8, 4) is 11.6 Å². The molecule has 21 heavy (non-hydrogen) atoms. The van der Waals surface area contributed by atoms with Crippen LogP contribution in [-0.4, -0.2) is 9.97 Å². The Bertz CT molecular complexity index is 656. The van der Waals surface area contributed by atoms with Crippen LogP contribution in [0.4, 0.5) is 13.2 Å². The first kappa shape index (κ1) is 15.2. The van der Waals surface area contributed by atoms with Gasteiger partial charge in [-0.25, -0.2) is 4.98 Å². The molecule has 0 aliphatic rings. The van der Waals surface area contributed by atoms with Gasteiger partial charge >= 0.3 is 6.18 Å². The van der Waals surface area contributed by atoms with Crippen molar-refractivity contribution in [3.05, 3.63) is 46.9 Å². The normalized spacial score (nSPS) is 11.5. The zero-order valence-electron chi connectivity index (χ0n) is 11.5. The zero-order valence-corrected chi connectivity index (χ0v) is 11.5. The highest BCUT2D eigenvalue weighted by molar-refractivity contribution is 5.41. The van der Waals surface area contributed by atoms with Gasteiger partial charge in [-0.3, -0.25) is 4.98 Å². The zero-order chi connectivity index (χ0) is 15.6. The number of benzene rings is 1. The van der Waals surface area contributed by atoms with Crippen LogP contribution in [0.1, 0.15) is 22.5 Å². The largest absolute Gasteiger partial charge is 0.437 e. The molecule has 1 heterocycles. The van der Waals surface area contributed by atoms with Crippen molar-refractivity contribution in [1.29, 1.82) is 0 Å². The Labute approximate surface area is 119 Å². The quantitative estimate of drug-likeness (QED) is 0.943. The molecule has 0 bridgehead atoms. The second-order valence-electron chi connectivity index (χ2n) is 4.51. The standard InChI is InChI=1S/C14H14F3N3O/c1-8-9(2)20-13(7-19-8)21-12-4-3-10(6-18)5-11(12)14(15,16)17/h3-5,7H,6,18H2,1-2H3. The molecule has 1 aromatic carbocycles. The van der Waals surface area contributed by atoms with Crippen molar-refractivity contribution in [2.45, 2.75) is 26.6 Å². The van der Waals surface area contributed by atoms with Crippen LogP contribution in [0.5, 0.6) is 11.6 Å². The van der Waals surface area contributed by atoms with Gasteiger partial charge in [0.2, 0.25) is 5.88 Å². The molecular formula is C14H14F3N3O. The van der Waals surface area contributed by atoms with E-state index in [1.54, 1.807) is 13.8 Å². The van der Waals surface area contributed by atoms with E-state index in [1.807, 2.05) is 0 Å². The predicted octanol–water partition coefficient (Wildman–Crippen LogP) is 3.36.